The van der Waals surface area contributed by atoms with E-state index in [0.29, 0.717) is 19.6 Å². The zero-order valence-corrected chi connectivity index (χ0v) is 13.6. The van der Waals surface area contributed by atoms with Crippen LogP contribution in [0.5, 0.6) is 0 Å². The molecule has 24 heavy (non-hydrogen) atoms. The highest BCUT2D eigenvalue weighted by Crippen LogP contribution is 2.18. The molecule has 2 aromatic rings. The maximum Gasteiger partial charge on any atom is 0.244 e. The molecular weight excluding hydrogens is 308 g/mol. The van der Waals surface area contributed by atoms with Crippen LogP contribution < -0.4 is 0 Å². The number of carbonyl (C=O) groups excluding carboxylic acids is 2. The van der Waals surface area contributed by atoms with Crippen LogP contribution in [0.3, 0.4) is 0 Å². The zero-order valence-electron chi connectivity index (χ0n) is 13.6. The Hall–Kier alpha value is -2.77. The molecule has 3 heterocycles. The SMILES string of the molecule is CN(CCc1ccccn1)C(=O)C1CN(C(=O)Cn2cncn2)C1. The first-order valence-electron chi connectivity index (χ1n) is 7.88. The van der Waals surface area contributed by atoms with E-state index >= 15 is 0 Å². The Morgan fingerprint density at radius 3 is 2.83 bits per heavy atom. The van der Waals surface area contributed by atoms with E-state index in [9.17, 15) is 9.59 Å². The number of aromatic nitrogens is 4. The monoisotopic (exact) mass is 328 g/mol. The number of likely N-dealkylation sites (N-methyl/N-ethyl adjacent to an activating group) is 1. The average Bonchev–Trinajstić information content (AvgIpc) is 3.05. The molecule has 8 nitrogen and oxygen atoms in total. The summed E-state index contributed by atoms with van der Waals surface area (Å²) in [4.78, 5) is 35.9. The molecule has 0 saturated carbocycles. The standard InChI is InChI=1S/C16H20N6O2/c1-20(7-5-14-4-2-3-6-18-14)16(24)13-8-21(9-13)15(23)10-22-12-17-11-19-22/h2-4,6,11-13H,5,7-10H2,1H3. The first kappa shape index (κ1) is 16.1. The molecule has 3 rings (SSSR count). The van der Waals surface area contributed by atoms with Gasteiger partial charge in [0, 0.05) is 45.0 Å². The second-order valence-corrected chi connectivity index (χ2v) is 5.92. The van der Waals surface area contributed by atoms with Crippen LogP contribution in [0.4, 0.5) is 0 Å². The molecule has 0 N–H and O–H groups in total. The van der Waals surface area contributed by atoms with Gasteiger partial charge in [0.15, 0.2) is 0 Å². The van der Waals surface area contributed by atoms with Gasteiger partial charge < -0.3 is 9.80 Å². The van der Waals surface area contributed by atoms with Gasteiger partial charge in [-0.2, -0.15) is 5.10 Å². The van der Waals surface area contributed by atoms with E-state index in [1.807, 2.05) is 18.2 Å². The van der Waals surface area contributed by atoms with Crippen molar-refractivity contribution in [2.45, 2.75) is 13.0 Å². The number of pyridine rings is 1. The van der Waals surface area contributed by atoms with Gasteiger partial charge in [-0.15, -0.1) is 0 Å². The Morgan fingerprint density at radius 1 is 1.33 bits per heavy atom. The number of hydrogen-bond acceptors (Lipinski definition) is 5. The third-order valence-corrected chi connectivity index (χ3v) is 4.15. The van der Waals surface area contributed by atoms with Crippen molar-refractivity contribution < 1.29 is 9.59 Å². The second-order valence-electron chi connectivity index (χ2n) is 5.92. The van der Waals surface area contributed by atoms with Crippen LogP contribution >= 0.6 is 0 Å². The highest BCUT2D eigenvalue weighted by Gasteiger charge is 2.36. The third kappa shape index (κ3) is 3.76. The van der Waals surface area contributed by atoms with Gasteiger partial charge >= 0.3 is 0 Å². The van der Waals surface area contributed by atoms with Gasteiger partial charge in [-0.25, -0.2) is 9.67 Å². The Labute approximate surface area is 140 Å². The maximum absolute atomic E-state index is 12.4. The van der Waals surface area contributed by atoms with Crippen LogP contribution in [0.2, 0.25) is 0 Å². The average molecular weight is 328 g/mol. The molecule has 1 fully saturated rings. The molecule has 1 aliphatic heterocycles. The first-order valence-corrected chi connectivity index (χ1v) is 7.88. The third-order valence-electron chi connectivity index (χ3n) is 4.15. The summed E-state index contributed by atoms with van der Waals surface area (Å²) in [5, 5.41) is 3.91. The molecule has 0 spiro atoms. The highest BCUT2D eigenvalue weighted by molar-refractivity contribution is 5.84. The molecule has 2 amide bonds. The van der Waals surface area contributed by atoms with Crippen LogP contribution in [-0.2, 0) is 22.6 Å². The van der Waals surface area contributed by atoms with Gasteiger partial charge in [0.2, 0.25) is 11.8 Å². The van der Waals surface area contributed by atoms with Crippen LogP contribution in [0.1, 0.15) is 5.69 Å². The summed E-state index contributed by atoms with van der Waals surface area (Å²) in [6.07, 6.45) is 5.38. The number of likely N-dealkylation sites (tertiary alicyclic amines) is 1. The van der Waals surface area contributed by atoms with E-state index in [4.69, 9.17) is 0 Å². The van der Waals surface area contributed by atoms with Gasteiger partial charge in [0.25, 0.3) is 0 Å². The minimum absolute atomic E-state index is 0.0410. The number of amides is 2. The van der Waals surface area contributed by atoms with Crippen molar-refractivity contribution in [2.24, 2.45) is 5.92 Å². The zero-order chi connectivity index (χ0) is 16.9. The number of carbonyl (C=O) groups is 2. The molecular formula is C16H20N6O2. The lowest BCUT2D eigenvalue weighted by Crippen LogP contribution is -2.56. The summed E-state index contributed by atoms with van der Waals surface area (Å²) < 4.78 is 1.48. The molecule has 2 aromatic heterocycles. The molecule has 0 radical (unpaired) electrons. The van der Waals surface area contributed by atoms with E-state index in [1.54, 1.807) is 23.0 Å². The number of rotatable bonds is 6. The smallest absolute Gasteiger partial charge is 0.244 e. The predicted octanol–water partition coefficient (Wildman–Crippen LogP) is -0.167. The number of nitrogens with zero attached hydrogens (tertiary/aromatic N) is 6. The summed E-state index contributed by atoms with van der Waals surface area (Å²) in [5.74, 6) is -0.0742. The van der Waals surface area contributed by atoms with Crippen molar-refractivity contribution in [3.63, 3.8) is 0 Å². The van der Waals surface area contributed by atoms with Crippen molar-refractivity contribution in [1.29, 1.82) is 0 Å². The maximum atomic E-state index is 12.4. The molecule has 126 valence electrons. The fraction of sp³-hybridized carbons (Fsp3) is 0.438. The van der Waals surface area contributed by atoms with E-state index in [0.717, 1.165) is 12.1 Å². The lowest BCUT2D eigenvalue weighted by Gasteiger charge is -2.39. The summed E-state index contributed by atoms with van der Waals surface area (Å²) in [7, 11) is 1.80. The van der Waals surface area contributed by atoms with E-state index < -0.39 is 0 Å². The largest absolute Gasteiger partial charge is 0.345 e. The summed E-state index contributed by atoms with van der Waals surface area (Å²) >= 11 is 0. The molecule has 0 aromatic carbocycles. The van der Waals surface area contributed by atoms with E-state index in [-0.39, 0.29) is 24.3 Å². The van der Waals surface area contributed by atoms with E-state index in [1.165, 1.54) is 17.3 Å². The fourth-order valence-corrected chi connectivity index (χ4v) is 2.64. The molecule has 0 bridgehead atoms. The molecule has 0 unspecified atom stereocenters. The van der Waals surface area contributed by atoms with Crippen molar-refractivity contribution in [3.05, 3.63) is 42.7 Å². The minimum atomic E-state index is -0.113. The van der Waals surface area contributed by atoms with Gasteiger partial charge in [0.1, 0.15) is 19.2 Å². The van der Waals surface area contributed by atoms with Gasteiger partial charge in [-0.3, -0.25) is 14.6 Å². The van der Waals surface area contributed by atoms with Crippen molar-refractivity contribution in [1.82, 2.24) is 29.5 Å². The molecule has 0 aliphatic carbocycles. The normalized spacial score (nSPS) is 14.3. The summed E-state index contributed by atoms with van der Waals surface area (Å²) in [5.41, 5.74) is 0.968. The predicted molar refractivity (Wildman–Crippen MR) is 85.7 cm³/mol. The lowest BCUT2D eigenvalue weighted by molar-refractivity contribution is -0.148. The van der Waals surface area contributed by atoms with Gasteiger partial charge in [0.05, 0.1) is 5.92 Å². The Kier molecular flexibility index (Phi) is 4.83. The van der Waals surface area contributed by atoms with Crippen LogP contribution in [0.25, 0.3) is 0 Å². The van der Waals surface area contributed by atoms with Gasteiger partial charge in [-0.1, -0.05) is 6.07 Å². The second kappa shape index (κ2) is 7.20. The Balaban J connectivity index is 1.41. The van der Waals surface area contributed by atoms with Crippen LogP contribution in [0.15, 0.2) is 37.1 Å². The van der Waals surface area contributed by atoms with Crippen LogP contribution in [-0.4, -0.2) is 68.0 Å². The number of hydrogen-bond donors (Lipinski definition) is 0. The minimum Gasteiger partial charge on any atom is -0.345 e. The topological polar surface area (TPSA) is 84.2 Å². The fourth-order valence-electron chi connectivity index (χ4n) is 2.64. The first-order chi connectivity index (χ1) is 11.6. The Bertz CT molecular complexity index is 682. The Morgan fingerprint density at radius 2 is 2.17 bits per heavy atom. The molecule has 1 saturated heterocycles. The summed E-state index contributed by atoms with van der Waals surface area (Å²) in [6.45, 7) is 1.73. The van der Waals surface area contributed by atoms with Crippen molar-refractivity contribution >= 4 is 11.8 Å². The van der Waals surface area contributed by atoms with Gasteiger partial charge in [-0.05, 0) is 12.1 Å². The van der Waals surface area contributed by atoms with Crippen LogP contribution in [0, 0.1) is 5.92 Å². The highest BCUT2D eigenvalue weighted by atomic mass is 16.2. The lowest BCUT2D eigenvalue weighted by atomic mass is 9.98. The molecule has 1 aliphatic rings. The summed E-state index contributed by atoms with van der Waals surface area (Å²) in [6, 6.07) is 5.76. The van der Waals surface area contributed by atoms with Crippen molar-refractivity contribution in [2.75, 3.05) is 26.7 Å². The van der Waals surface area contributed by atoms with E-state index in [2.05, 4.69) is 15.1 Å². The molecule has 0 atom stereocenters. The quantitative estimate of drug-likeness (QED) is 0.735. The molecule has 8 heteroatoms. The van der Waals surface area contributed by atoms with Crippen molar-refractivity contribution in [3.8, 4) is 0 Å².